The van der Waals surface area contributed by atoms with Crippen molar-refractivity contribution in [2.24, 2.45) is 0 Å². The fourth-order valence-corrected chi connectivity index (χ4v) is 2.23. The molecule has 0 N–H and O–H groups in total. The highest BCUT2D eigenvalue weighted by atomic mass is 16.5. The number of anilines is 1. The molecular formula is C15H20N4O2. The molecule has 0 unspecified atom stereocenters. The summed E-state index contributed by atoms with van der Waals surface area (Å²) in [5.41, 5.74) is 2.28. The van der Waals surface area contributed by atoms with Crippen LogP contribution in [0.1, 0.15) is 31.1 Å². The van der Waals surface area contributed by atoms with Crippen LogP contribution in [0.3, 0.4) is 0 Å². The van der Waals surface area contributed by atoms with Crippen LogP contribution in [0, 0.1) is 0 Å². The zero-order valence-electron chi connectivity index (χ0n) is 12.6. The molecule has 0 fully saturated rings. The topological polar surface area (TPSA) is 60.3 Å². The monoisotopic (exact) mass is 288 g/mol. The molecule has 21 heavy (non-hydrogen) atoms. The van der Waals surface area contributed by atoms with Gasteiger partial charge in [0.05, 0.1) is 17.9 Å². The van der Waals surface area contributed by atoms with E-state index in [1.807, 2.05) is 18.2 Å². The van der Waals surface area contributed by atoms with Crippen LogP contribution in [0.2, 0.25) is 0 Å². The molecule has 0 saturated carbocycles. The van der Waals surface area contributed by atoms with Gasteiger partial charge in [0, 0.05) is 18.8 Å². The zero-order valence-corrected chi connectivity index (χ0v) is 12.6. The SMILES string of the molecule is CCOC(=O)c1cc(-n2cnnc2)ccc1N(CC)CC. The summed E-state index contributed by atoms with van der Waals surface area (Å²) < 4.78 is 6.93. The second-order valence-electron chi connectivity index (χ2n) is 4.46. The van der Waals surface area contributed by atoms with E-state index in [9.17, 15) is 4.79 Å². The van der Waals surface area contributed by atoms with Crippen molar-refractivity contribution in [1.29, 1.82) is 0 Å². The molecule has 0 amide bonds. The van der Waals surface area contributed by atoms with Gasteiger partial charge in [-0.15, -0.1) is 10.2 Å². The Morgan fingerprint density at radius 1 is 1.19 bits per heavy atom. The third-order valence-electron chi connectivity index (χ3n) is 3.30. The summed E-state index contributed by atoms with van der Waals surface area (Å²) in [4.78, 5) is 14.4. The first-order chi connectivity index (χ1) is 10.2. The lowest BCUT2D eigenvalue weighted by Gasteiger charge is -2.24. The average molecular weight is 288 g/mol. The number of aromatic nitrogens is 3. The minimum atomic E-state index is -0.311. The minimum Gasteiger partial charge on any atom is -0.462 e. The van der Waals surface area contributed by atoms with Gasteiger partial charge in [-0.25, -0.2) is 4.79 Å². The van der Waals surface area contributed by atoms with Crippen molar-refractivity contribution in [2.75, 3.05) is 24.6 Å². The number of carbonyl (C=O) groups is 1. The Morgan fingerprint density at radius 3 is 2.43 bits per heavy atom. The summed E-state index contributed by atoms with van der Waals surface area (Å²) in [6, 6.07) is 5.70. The fraction of sp³-hybridized carbons (Fsp3) is 0.400. The van der Waals surface area contributed by atoms with Crippen LogP contribution >= 0.6 is 0 Å². The molecule has 0 saturated heterocycles. The molecule has 0 aliphatic rings. The number of carbonyl (C=O) groups excluding carboxylic acids is 1. The van der Waals surface area contributed by atoms with E-state index in [0.29, 0.717) is 12.2 Å². The van der Waals surface area contributed by atoms with E-state index >= 15 is 0 Å². The van der Waals surface area contributed by atoms with Gasteiger partial charge < -0.3 is 9.64 Å². The number of hydrogen-bond acceptors (Lipinski definition) is 5. The number of esters is 1. The largest absolute Gasteiger partial charge is 0.462 e. The van der Waals surface area contributed by atoms with Gasteiger partial charge in [0.15, 0.2) is 0 Å². The fourth-order valence-electron chi connectivity index (χ4n) is 2.23. The van der Waals surface area contributed by atoms with E-state index in [2.05, 4.69) is 28.9 Å². The molecule has 2 rings (SSSR count). The summed E-state index contributed by atoms with van der Waals surface area (Å²) in [6.45, 7) is 7.94. The number of ether oxygens (including phenoxy) is 1. The van der Waals surface area contributed by atoms with Gasteiger partial charge in [-0.1, -0.05) is 0 Å². The minimum absolute atomic E-state index is 0.311. The van der Waals surface area contributed by atoms with Crippen LogP contribution in [0.5, 0.6) is 0 Å². The molecule has 0 aliphatic carbocycles. The van der Waals surface area contributed by atoms with Crippen molar-refractivity contribution < 1.29 is 9.53 Å². The Kier molecular flexibility index (Phi) is 4.92. The molecule has 0 radical (unpaired) electrons. The number of nitrogens with zero attached hydrogens (tertiary/aromatic N) is 4. The normalized spacial score (nSPS) is 10.4. The van der Waals surface area contributed by atoms with E-state index in [0.717, 1.165) is 24.5 Å². The number of rotatable bonds is 6. The van der Waals surface area contributed by atoms with Gasteiger partial charge in [-0.05, 0) is 39.0 Å². The maximum atomic E-state index is 12.2. The molecule has 2 aromatic rings. The third-order valence-corrected chi connectivity index (χ3v) is 3.30. The first-order valence-electron chi connectivity index (χ1n) is 7.12. The maximum Gasteiger partial charge on any atom is 0.340 e. The Balaban J connectivity index is 2.48. The summed E-state index contributed by atoms with van der Waals surface area (Å²) in [6.07, 6.45) is 3.20. The second-order valence-corrected chi connectivity index (χ2v) is 4.46. The summed E-state index contributed by atoms with van der Waals surface area (Å²) >= 11 is 0. The van der Waals surface area contributed by atoms with Crippen LogP contribution < -0.4 is 4.90 Å². The van der Waals surface area contributed by atoms with Gasteiger partial charge in [0.1, 0.15) is 12.7 Å². The highest BCUT2D eigenvalue weighted by Crippen LogP contribution is 2.24. The molecule has 0 atom stereocenters. The summed E-state index contributed by atoms with van der Waals surface area (Å²) in [5, 5.41) is 7.57. The first-order valence-corrected chi connectivity index (χ1v) is 7.12. The molecule has 1 aromatic carbocycles. The smallest absolute Gasteiger partial charge is 0.340 e. The van der Waals surface area contributed by atoms with Crippen LogP contribution in [0.25, 0.3) is 5.69 Å². The quantitative estimate of drug-likeness (QED) is 0.763. The first kappa shape index (κ1) is 15.0. The lowest BCUT2D eigenvalue weighted by atomic mass is 10.1. The molecule has 0 bridgehead atoms. The summed E-state index contributed by atoms with van der Waals surface area (Å²) in [7, 11) is 0. The highest BCUT2D eigenvalue weighted by molar-refractivity contribution is 5.96. The Bertz CT molecular complexity index is 592. The molecular weight excluding hydrogens is 268 g/mol. The lowest BCUT2D eigenvalue weighted by Crippen LogP contribution is -2.24. The van der Waals surface area contributed by atoms with Crippen molar-refractivity contribution >= 4 is 11.7 Å². The number of hydrogen-bond donors (Lipinski definition) is 0. The molecule has 112 valence electrons. The van der Waals surface area contributed by atoms with Crippen molar-refractivity contribution in [3.8, 4) is 5.69 Å². The lowest BCUT2D eigenvalue weighted by molar-refractivity contribution is 0.0527. The molecule has 6 heteroatoms. The van der Waals surface area contributed by atoms with Crippen LogP contribution in [0.15, 0.2) is 30.9 Å². The van der Waals surface area contributed by atoms with Crippen molar-refractivity contribution in [3.63, 3.8) is 0 Å². The zero-order chi connectivity index (χ0) is 15.2. The van der Waals surface area contributed by atoms with Crippen LogP contribution in [0.4, 0.5) is 5.69 Å². The van der Waals surface area contributed by atoms with E-state index in [1.54, 1.807) is 24.1 Å². The van der Waals surface area contributed by atoms with Crippen molar-refractivity contribution in [2.45, 2.75) is 20.8 Å². The van der Waals surface area contributed by atoms with E-state index in [1.165, 1.54) is 0 Å². The predicted octanol–water partition coefficient (Wildman–Crippen LogP) is 2.29. The molecule has 1 aromatic heterocycles. The van der Waals surface area contributed by atoms with E-state index in [4.69, 9.17) is 4.74 Å². The van der Waals surface area contributed by atoms with Crippen molar-refractivity contribution in [3.05, 3.63) is 36.4 Å². The van der Waals surface area contributed by atoms with Gasteiger partial charge in [0.2, 0.25) is 0 Å². The second kappa shape index (κ2) is 6.88. The Morgan fingerprint density at radius 2 is 1.86 bits per heavy atom. The van der Waals surface area contributed by atoms with Crippen molar-refractivity contribution in [1.82, 2.24) is 14.8 Å². The predicted molar refractivity (Wildman–Crippen MR) is 80.9 cm³/mol. The number of benzene rings is 1. The third kappa shape index (κ3) is 3.21. The van der Waals surface area contributed by atoms with E-state index in [-0.39, 0.29) is 5.97 Å². The highest BCUT2D eigenvalue weighted by Gasteiger charge is 2.17. The van der Waals surface area contributed by atoms with Crippen LogP contribution in [-0.4, -0.2) is 40.4 Å². The van der Waals surface area contributed by atoms with Crippen LogP contribution in [-0.2, 0) is 4.74 Å². The van der Waals surface area contributed by atoms with Gasteiger partial charge >= 0.3 is 5.97 Å². The molecule has 6 nitrogen and oxygen atoms in total. The van der Waals surface area contributed by atoms with Gasteiger partial charge in [0.25, 0.3) is 0 Å². The van der Waals surface area contributed by atoms with Gasteiger partial charge in [-0.3, -0.25) is 4.57 Å². The summed E-state index contributed by atoms with van der Waals surface area (Å²) in [5.74, 6) is -0.311. The Hall–Kier alpha value is -2.37. The molecule has 0 spiro atoms. The average Bonchev–Trinajstić information content (AvgIpc) is 3.03. The Labute approximate surface area is 124 Å². The maximum absolute atomic E-state index is 12.2. The molecule has 1 heterocycles. The van der Waals surface area contributed by atoms with Gasteiger partial charge in [-0.2, -0.15) is 0 Å². The van der Waals surface area contributed by atoms with E-state index < -0.39 is 0 Å². The standard InChI is InChI=1S/C15H20N4O2/c1-4-18(5-2)14-8-7-12(19-10-16-17-11-19)9-13(14)15(20)21-6-3/h7-11H,4-6H2,1-3H3. The molecule has 0 aliphatic heterocycles.